The van der Waals surface area contributed by atoms with Crippen molar-refractivity contribution in [3.8, 4) is 11.4 Å². The Bertz CT molecular complexity index is 731. The normalized spacial score (nSPS) is 12.4. The third kappa shape index (κ3) is 3.48. The molecule has 1 unspecified atom stereocenters. The summed E-state index contributed by atoms with van der Waals surface area (Å²) in [6.07, 6.45) is 0.874. The molecule has 118 valence electrons. The van der Waals surface area contributed by atoms with Gasteiger partial charge in [-0.25, -0.2) is 8.78 Å². The van der Waals surface area contributed by atoms with E-state index >= 15 is 0 Å². The molecule has 7 heteroatoms. The lowest BCUT2D eigenvalue weighted by Gasteiger charge is -2.13. The van der Waals surface area contributed by atoms with Crippen molar-refractivity contribution in [2.24, 2.45) is 0 Å². The Morgan fingerprint density at radius 3 is 2.77 bits per heavy atom. The van der Waals surface area contributed by atoms with Crippen molar-refractivity contribution >= 4 is 0 Å². The maximum absolute atomic E-state index is 13.8. The van der Waals surface area contributed by atoms with E-state index in [1.54, 1.807) is 0 Å². The number of hydrogen-bond donors (Lipinski definition) is 2. The third-order valence-corrected chi connectivity index (χ3v) is 3.35. The fraction of sp³-hybridized carbons (Fsp3) is 0.333. The van der Waals surface area contributed by atoms with Crippen LogP contribution in [0.4, 0.5) is 8.78 Å². The van der Waals surface area contributed by atoms with Gasteiger partial charge in [0, 0.05) is 24.7 Å². The monoisotopic (exact) mass is 309 g/mol. The van der Waals surface area contributed by atoms with E-state index < -0.39 is 17.2 Å². The molecule has 0 fully saturated rings. The first kappa shape index (κ1) is 16.1. The standard InChI is InChI=1S/C15H17F2N3O2/c1-3-9(2)18-8-12-14(21)7-15(22)20(19-12)13-6-10(16)4-5-11(13)17/h4-7,9,18,21H,3,8H2,1-2H3. The number of nitrogens with one attached hydrogen (secondary N) is 1. The van der Waals surface area contributed by atoms with Gasteiger partial charge in [0.15, 0.2) is 0 Å². The highest BCUT2D eigenvalue weighted by Crippen LogP contribution is 2.16. The number of benzene rings is 1. The summed E-state index contributed by atoms with van der Waals surface area (Å²) in [5.41, 5.74) is -0.854. The lowest BCUT2D eigenvalue weighted by molar-refractivity contribution is 0.442. The molecule has 2 rings (SSSR count). The Morgan fingerprint density at radius 2 is 2.09 bits per heavy atom. The van der Waals surface area contributed by atoms with Gasteiger partial charge in [-0.15, -0.1) is 0 Å². The first-order chi connectivity index (χ1) is 10.4. The molecule has 1 aromatic carbocycles. The number of aromatic hydroxyl groups is 1. The zero-order valence-electron chi connectivity index (χ0n) is 12.3. The van der Waals surface area contributed by atoms with E-state index in [1.165, 1.54) is 0 Å². The third-order valence-electron chi connectivity index (χ3n) is 3.35. The van der Waals surface area contributed by atoms with Crippen LogP contribution < -0.4 is 10.9 Å². The molecule has 0 radical (unpaired) electrons. The Labute approximate surface area is 126 Å². The van der Waals surface area contributed by atoms with E-state index in [0.29, 0.717) is 0 Å². The Morgan fingerprint density at radius 1 is 1.36 bits per heavy atom. The van der Waals surface area contributed by atoms with E-state index in [1.807, 2.05) is 13.8 Å². The van der Waals surface area contributed by atoms with Crippen molar-refractivity contribution in [2.75, 3.05) is 0 Å². The van der Waals surface area contributed by atoms with E-state index in [4.69, 9.17) is 0 Å². The van der Waals surface area contributed by atoms with Gasteiger partial charge in [0.05, 0.1) is 0 Å². The van der Waals surface area contributed by atoms with Crippen LogP contribution in [-0.2, 0) is 6.54 Å². The highest BCUT2D eigenvalue weighted by molar-refractivity contribution is 5.35. The van der Waals surface area contributed by atoms with Crippen molar-refractivity contribution in [3.63, 3.8) is 0 Å². The zero-order valence-corrected chi connectivity index (χ0v) is 12.3. The number of halogens is 2. The maximum Gasteiger partial charge on any atom is 0.275 e. The second-order valence-corrected chi connectivity index (χ2v) is 5.01. The Balaban J connectivity index is 2.44. The predicted molar refractivity (Wildman–Crippen MR) is 78.0 cm³/mol. The summed E-state index contributed by atoms with van der Waals surface area (Å²) in [5, 5.41) is 16.8. The van der Waals surface area contributed by atoms with E-state index in [2.05, 4.69) is 10.4 Å². The molecular formula is C15H17F2N3O2. The molecular weight excluding hydrogens is 292 g/mol. The minimum atomic E-state index is -0.775. The molecule has 0 aliphatic rings. The van der Waals surface area contributed by atoms with Crippen LogP contribution in [0.5, 0.6) is 5.75 Å². The van der Waals surface area contributed by atoms with Gasteiger partial charge in [-0.05, 0) is 25.5 Å². The summed E-state index contributed by atoms with van der Waals surface area (Å²) in [7, 11) is 0. The van der Waals surface area contributed by atoms with Crippen molar-refractivity contribution in [3.05, 3.63) is 51.9 Å². The molecule has 2 N–H and O–H groups in total. The van der Waals surface area contributed by atoms with E-state index in [0.717, 1.165) is 35.4 Å². The van der Waals surface area contributed by atoms with Crippen molar-refractivity contribution in [1.29, 1.82) is 0 Å². The van der Waals surface area contributed by atoms with Crippen LogP contribution in [0.3, 0.4) is 0 Å². The summed E-state index contributed by atoms with van der Waals surface area (Å²) in [6, 6.07) is 3.88. The summed E-state index contributed by atoms with van der Waals surface area (Å²) < 4.78 is 27.8. The molecule has 5 nitrogen and oxygen atoms in total. The second-order valence-electron chi connectivity index (χ2n) is 5.01. The summed E-state index contributed by atoms with van der Waals surface area (Å²) in [6.45, 7) is 4.16. The largest absolute Gasteiger partial charge is 0.506 e. The smallest absolute Gasteiger partial charge is 0.275 e. The molecule has 22 heavy (non-hydrogen) atoms. The number of rotatable bonds is 5. The topological polar surface area (TPSA) is 67.2 Å². The van der Waals surface area contributed by atoms with Gasteiger partial charge >= 0.3 is 0 Å². The summed E-state index contributed by atoms with van der Waals surface area (Å²) in [5.74, 6) is -1.74. The fourth-order valence-electron chi connectivity index (χ4n) is 1.84. The highest BCUT2D eigenvalue weighted by atomic mass is 19.1. The highest BCUT2D eigenvalue weighted by Gasteiger charge is 2.13. The van der Waals surface area contributed by atoms with Crippen LogP contribution in [-0.4, -0.2) is 20.9 Å². The number of hydrogen-bond acceptors (Lipinski definition) is 4. The van der Waals surface area contributed by atoms with Gasteiger partial charge in [0.2, 0.25) is 0 Å². The molecule has 1 atom stereocenters. The number of nitrogens with zero attached hydrogens (tertiary/aromatic N) is 2. The van der Waals surface area contributed by atoms with Crippen LogP contribution in [0, 0.1) is 11.6 Å². The molecule has 0 amide bonds. The lowest BCUT2D eigenvalue weighted by atomic mass is 10.2. The van der Waals surface area contributed by atoms with Crippen LogP contribution in [0.1, 0.15) is 26.0 Å². The maximum atomic E-state index is 13.8. The average Bonchev–Trinajstić information content (AvgIpc) is 2.49. The summed E-state index contributed by atoms with van der Waals surface area (Å²) >= 11 is 0. The SMILES string of the molecule is CCC(C)NCc1nn(-c2cc(F)ccc2F)c(=O)cc1O. The fourth-order valence-corrected chi connectivity index (χ4v) is 1.84. The molecule has 0 saturated carbocycles. The summed E-state index contributed by atoms with van der Waals surface area (Å²) in [4.78, 5) is 11.9. The molecule has 0 saturated heterocycles. The minimum absolute atomic E-state index is 0.184. The van der Waals surface area contributed by atoms with Gasteiger partial charge < -0.3 is 10.4 Å². The Kier molecular flexibility index (Phi) is 4.87. The van der Waals surface area contributed by atoms with Gasteiger partial charge in [0.25, 0.3) is 5.56 Å². The van der Waals surface area contributed by atoms with Gasteiger partial charge in [0.1, 0.15) is 28.8 Å². The van der Waals surface area contributed by atoms with Crippen molar-refractivity contribution in [1.82, 2.24) is 15.1 Å². The van der Waals surface area contributed by atoms with E-state index in [-0.39, 0.29) is 29.7 Å². The van der Waals surface area contributed by atoms with E-state index in [9.17, 15) is 18.7 Å². The predicted octanol–water partition coefficient (Wildman–Crippen LogP) is 2.10. The molecule has 0 spiro atoms. The average molecular weight is 309 g/mol. The molecule has 1 aromatic heterocycles. The molecule has 1 heterocycles. The minimum Gasteiger partial charge on any atom is -0.506 e. The lowest BCUT2D eigenvalue weighted by Crippen LogP contribution is -2.28. The quantitative estimate of drug-likeness (QED) is 0.887. The van der Waals surface area contributed by atoms with Crippen LogP contribution in [0.2, 0.25) is 0 Å². The van der Waals surface area contributed by atoms with Crippen molar-refractivity contribution < 1.29 is 13.9 Å². The van der Waals surface area contributed by atoms with Gasteiger partial charge in [-0.2, -0.15) is 9.78 Å². The second kappa shape index (κ2) is 6.65. The van der Waals surface area contributed by atoms with Gasteiger partial charge in [-0.3, -0.25) is 4.79 Å². The molecule has 0 aliphatic heterocycles. The van der Waals surface area contributed by atoms with Crippen LogP contribution >= 0.6 is 0 Å². The Hall–Kier alpha value is -2.28. The first-order valence-corrected chi connectivity index (χ1v) is 6.93. The first-order valence-electron chi connectivity index (χ1n) is 6.93. The van der Waals surface area contributed by atoms with Crippen LogP contribution in [0.15, 0.2) is 29.1 Å². The zero-order chi connectivity index (χ0) is 16.3. The molecule has 0 bridgehead atoms. The molecule has 2 aromatic rings. The van der Waals surface area contributed by atoms with Gasteiger partial charge in [-0.1, -0.05) is 6.92 Å². The van der Waals surface area contributed by atoms with Crippen LogP contribution in [0.25, 0.3) is 5.69 Å². The molecule has 0 aliphatic carbocycles. The van der Waals surface area contributed by atoms with Crippen molar-refractivity contribution in [2.45, 2.75) is 32.9 Å². The number of aromatic nitrogens is 2.